The molecule has 8 nitrogen and oxygen atoms in total. The highest BCUT2D eigenvalue weighted by Crippen LogP contribution is 2.15. The molecule has 1 N–H and O–H groups in total. The first-order valence-corrected chi connectivity index (χ1v) is 6.72. The van der Waals surface area contributed by atoms with Gasteiger partial charge in [0, 0.05) is 26.6 Å². The van der Waals surface area contributed by atoms with Crippen molar-refractivity contribution in [1.82, 2.24) is 18.7 Å². The van der Waals surface area contributed by atoms with Crippen LogP contribution in [0.4, 0.5) is 0 Å². The van der Waals surface area contributed by atoms with Gasteiger partial charge in [0.2, 0.25) is 0 Å². The topological polar surface area (TPSA) is 99.1 Å². The first kappa shape index (κ1) is 15.0. The molecule has 2 heterocycles. The molecule has 0 aliphatic heterocycles. The number of carboxylic acid groups (broad SMARTS) is 1. The molecule has 0 amide bonds. The number of carbonyl (C=O) groups is 1. The summed E-state index contributed by atoms with van der Waals surface area (Å²) in [5.41, 5.74) is -0.225. The molecule has 8 heteroatoms. The number of hydrogen-bond acceptors (Lipinski definition) is 4. The van der Waals surface area contributed by atoms with Crippen LogP contribution in [-0.4, -0.2) is 29.8 Å². The van der Waals surface area contributed by atoms with Gasteiger partial charge in [0.05, 0.1) is 6.33 Å². The molecule has 0 aliphatic rings. The molecule has 0 aliphatic carbocycles. The van der Waals surface area contributed by atoms with E-state index < -0.39 is 23.3 Å². The molecule has 2 aromatic heterocycles. The average Bonchev–Trinajstić information content (AvgIpc) is 2.82. The van der Waals surface area contributed by atoms with E-state index in [1.54, 1.807) is 18.7 Å². The van der Waals surface area contributed by atoms with Crippen molar-refractivity contribution >= 4 is 17.1 Å². The van der Waals surface area contributed by atoms with Crippen molar-refractivity contribution in [2.75, 3.05) is 0 Å². The van der Waals surface area contributed by atoms with Crippen molar-refractivity contribution in [3.8, 4) is 0 Å². The second-order valence-electron chi connectivity index (χ2n) is 5.04. The Hall–Kier alpha value is -2.38. The number of carboxylic acids is 1. The van der Waals surface area contributed by atoms with E-state index in [-0.39, 0.29) is 12.8 Å². The Labute approximate surface area is 120 Å². The van der Waals surface area contributed by atoms with E-state index in [0.29, 0.717) is 17.6 Å². The molecule has 0 spiro atoms. The van der Waals surface area contributed by atoms with Crippen LogP contribution in [0.5, 0.6) is 0 Å². The van der Waals surface area contributed by atoms with Crippen LogP contribution in [0, 0.1) is 0 Å². The number of rotatable bonds is 5. The molecule has 0 bridgehead atoms. The van der Waals surface area contributed by atoms with Gasteiger partial charge in [-0.2, -0.15) is 0 Å². The predicted molar refractivity (Wildman–Crippen MR) is 76.4 cm³/mol. The van der Waals surface area contributed by atoms with Crippen molar-refractivity contribution in [3.05, 3.63) is 27.2 Å². The van der Waals surface area contributed by atoms with Crippen molar-refractivity contribution in [2.24, 2.45) is 14.1 Å². The van der Waals surface area contributed by atoms with Gasteiger partial charge in [0.25, 0.3) is 5.56 Å². The van der Waals surface area contributed by atoms with E-state index in [9.17, 15) is 14.4 Å². The van der Waals surface area contributed by atoms with Crippen molar-refractivity contribution in [2.45, 2.75) is 32.2 Å². The lowest BCUT2D eigenvalue weighted by molar-refractivity contribution is -0.137. The molecule has 0 radical (unpaired) electrons. The Kier molecular flexibility index (Phi) is 3.97. The van der Waals surface area contributed by atoms with Crippen molar-refractivity contribution in [3.63, 3.8) is 0 Å². The quantitative estimate of drug-likeness (QED) is 0.852. The summed E-state index contributed by atoms with van der Waals surface area (Å²) in [5, 5.41) is 8.80. The molecule has 2 aromatic rings. The normalized spacial score (nSPS) is 12.7. The summed E-state index contributed by atoms with van der Waals surface area (Å²) in [6.07, 6.45) is 2.14. The fraction of sp³-hybridized carbons (Fsp3) is 0.538. The van der Waals surface area contributed by atoms with Gasteiger partial charge in [-0.25, -0.2) is 9.78 Å². The summed E-state index contributed by atoms with van der Waals surface area (Å²) >= 11 is 0. The van der Waals surface area contributed by atoms with Crippen LogP contribution in [0.2, 0.25) is 0 Å². The zero-order valence-electron chi connectivity index (χ0n) is 12.2. The van der Waals surface area contributed by atoms with E-state index >= 15 is 0 Å². The van der Waals surface area contributed by atoms with Crippen LogP contribution in [0.25, 0.3) is 11.2 Å². The second kappa shape index (κ2) is 5.55. The van der Waals surface area contributed by atoms with Gasteiger partial charge in [-0.3, -0.25) is 18.7 Å². The molecule has 2 rings (SSSR count). The number of nitrogens with zero attached hydrogens (tertiary/aromatic N) is 4. The number of aliphatic carboxylic acids is 1. The van der Waals surface area contributed by atoms with Gasteiger partial charge >= 0.3 is 11.7 Å². The number of imidazole rings is 1. The Balaban J connectivity index is 2.67. The van der Waals surface area contributed by atoms with Crippen LogP contribution in [0.1, 0.15) is 32.2 Å². The van der Waals surface area contributed by atoms with Gasteiger partial charge in [0.1, 0.15) is 0 Å². The maximum atomic E-state index is 12.6. The maximum Gasteiger partial charge on any atom is 0.332 e. The minimum Gasteiger partial charge on any atom is -0.481 e. The highest BCUT2D eigenvalue weighted by atomic mass is 16.4. The summed E-state index contributed by atoms with van der Waals surface area (Å²) in [4.78, 5) is 39.7. The number of hydrogen-bond donors (Lipinski definition) is 1. The fourth-order valence-corrected chi connectivity index (χ4v) is 2.49. The third kappa shape index (κ3) is 2.48. The number of aromatic nitrogens is 4. The Bertz CT molecular complexity index is 799. The average molecular weight is 294 g/mol. The largest absolute Gasteiger partial charge is 0.481 e. The Morgan fingerprint density at radius 2 is 2.05 bits per heavy atom. The minimum atomic E-state index is -0.945. The van der Waals surface area contributed by atoms with E-state index in [0.717, 1.165) is 4.57 Å². The monoisotopic (exact) mass is 294 g/mol. The molecule has 21 heavy (non-hydrogen) atoms. The molecule has 0 fully saturated rings. The molecule has 1 unspecified atom stereocenters. The Morgan fingerprint density at radius 1 is 1.38 bits per heavy atom. The molecule has 0 aromatic carbocycles. The van der Waals surface area contributed by atoms with Gasteiger partial charge < -0.3 is 9.67 Å². The summed E-state index contributed by atoms with van der Waals surface area (Å²) in [5.74, 6) is -0.945. The lowest BCUT2D eigenvalue weighted by atomic mass is 10.1. The molecular formula is C13H18N4O4. The first-order chi connectivity index (χ1) is 9.88. The molecule has 1 atom stereocenters. The van der Waals surface area contributed by atoms with E-state index in [4.69, 9.17) is 5.11 Å². The zero-order valence-corrected chi connectivity index (χ0v) is 12.2. The lowest BCUT2D eigenvalue weighted by Crippen LogP contribution is -2.42. The van der Waals surface area contributed by atoms with Crippen LogP contribution < -0.4 is 11.2 Å². The minimum absolute atomic E-state index is 0.0858. The summed E-state index contributed by atoms with van der Waals surface area (Å²) in [7, 11) is 3.24. The third-order valence-electron chi connectivity index (χ3n) is 3.68. The molecule has 0 saturated heterocycles. The van der Waals surface area contributed by atoms with Crippen LogP contribution in [0.3, 0.4) is 0 Å². The van der Waals surface area contributed by atoms with Crippen molar-refractivity contribution in [1.29, 1.82) is 0 Å². The van der Waals surface area contributed by atoms with Gasteiger partial charge in [-0.1, -0.05) is 6.92 Å². The van der Waals surface area contributed by atoms with E-state index in [1.807, 2.05) is 6.92 Å². The summed E-state index contributed by atoms with van der Waals surface area (Å²) < 4.78 is 4.03. The van der Waals surface area contributed by atoms with Crippen LogP contribution in [0.15, 0.2) is 15.9 Å². The molecule has 0 saturated carbocycles. The van der Waals surface area contributed by atoms with Crippen LogP contribution >= 0.6 is 0 Å². The second-order valence-corrected chi connectivity index (χ2v) is 5.04. The number of aryl methyl sites for hydroxylation is 2. The lowest BCUT2D eigenvalue weighted by Gasteiger charge is -2.17. The standard InChI is InChI=1S/C13H18N4O4/c1-4-8(5-6-9(18)19)17-12(20)10-11(14-7-15(10)2)16(3)13(17)21/h7-8H,4-6H2,1-3H3,(H,18,19). The highest BCUT2D eigenvalue weighted by Gasteiger charge is 2.20. The highest BCUT2D eigenvalue weighted by molar-refractivity contribution is 5.69. The van der Waals surface area contributed by atoms with E-state index in [1.165, 1.54) is 10.9 Å². The van der Waals surface area contributed by atoms with E-state index in [2.05, 4.69) is 4.98 Å². The first-order valence-electron chi connectivity index (χ1n) is 6.72. The summed E-state index contributed by atoms with van der Waals surface area (Å²) in [6.45, 7) is 1.83. The number of fused-ring (bicyclic) bond motifs is 1. The van der Waals surface area contributed by atoms with Gasteiger partial charge in [0.15, 0.2) is 11.2 Å². The van der Waals surface area contributed by atoms with Gasteiger partial charge in [-0.05, 0) is 12.8 Å². The Morgan fingerprint density at radius 3 is 2.62 bits per heavy atom. The smallest absolute Gasteiger partial charge is 0.332 e. The SMILES string of the molecule is CCC(CCC(=O)O)n1c(=O)c2c(ncn2C)n(C)c1=O. The molecule has 114 valence electrons. The third-order valence-corrected chi connectivity index (χ3v) is 3.68. The predicted octanol–water partition coefficient (Wildman–Crippen LogP) is 0.250. The van der Waals surface area contributed by atoms with Crippen molar-refractivity contribution < 1.29 is 9.90 Å². The zero-order chi connectivity index (χ0) is 15.7. The maximum absolute atomic E-state index is 12.6. The summed E-state index contributed by atoms with van der Waals surface area (Å²) in [6, 6.07) is -0.438. The van der Waals surface area contributed by atoms with Crippen LogP contribution in [-0.2, 0) is 18.9 Å². The molecular weight excluding hydrogens is 276 g/mol. The fourth-order valence-electron chi connectivity index (χ4n) is 2.49. The van der Waals surface area contributed by atoms with Gasteiger partial charge in [-0.15, -0.1) is 0 Å².